The summed E-state index contributed by atoms with van der Waals surface area (Å²) in [6, 6.07) is 0. The Morgan fingerprint density at radius 3 is 1.64 bits per heavy atom. The number of allylic oxidation sites excluding steroid dienone is 5. The van der Waals surface area contributed by atoms with Crippen molar-refractivity contribution in [1.29, 1.82) is 0 Å². The minimum atomic E-state index is -0.954. The van der Waals surface area contributed by atoms with Gasteiger partial charge < -0.3 is 20.4 Å². The third kappa shape index (κ3) is 29.3. The second kappa shape index (κ2) is 25.6. The molecule has 0 aliphatic rings. The molecule has 0 radical (unpaired) electrons. The van der Waals surface area contributed by atoms with Crippen LogP contribution in [0.4, 0.5) is 0 Å². The number of carboxylic acid groups (broad SMARTS) is 1. The Balaban J connectivity index is 0. The first-order valence-corrected chi connectivity index (χ1v) is 10.7. The number of hydrogen-bond acceptors (Lipinski definition) is 4. The smallest absolute Gasteiger partial charge is 0.328 e. The standard InChI is InChI=1S/C20H34O2.C3H8O3/c1-2-3-4-5-6-7-8-9-10-11-12-13-14-15-16-17-18-19-20(21)22;4-1-3(6)2-5/h14-19H,2-13H2,1H3,(H,21,22);3-6H,1-2H2. The lowest BCUT2D eigenvalue weighted by Gasteiger charge is -2.01. The van der Waals surface area contributed by atoms with Crippen LogP contribution >= 0.6 is 0 Å². The molecular weight excluding hydrogens is 356 g/mol. The molecule has 0 aromatic carbocycles. The van der Waals surface area contributed by atoms with Crippen LogP contribution in [0.25, 0.3) is 0 Å². The number of aliphatic carboxylic acids is 1. The van der Waals surface area contributed by atoms with Crippen LogP contribution in [-0.2, 0) is 4.79 Å². The Bertz CT molecular complexity index is 398. The third-order valence-corrected chi connectivity index (χ3v) is 4.10. The molecule has 0 unspecified atom stereocenters. The predicted octanol–water partition coefficient (Wildman–Crippen LogP) is 4.77. The summed E-state index contributed by atoms with van der Waals surface area (Å²) >= 11 is 0. The number of aliphatic hydroxyl groups excluding tert-OH is 3. The molecule has 5 heteroatoms. The van der Waals surface area contributed by atoms with Crippen molar-refractivity contribution in [2.45, 2.75) is 90.1 Å². The maximum Gasteiger partial charge on any atom is 0.328 e. The van der Waals surface area contributed by atoms with Crippen LogP contribution in [0, 0.1) is 0 Å². The van der Waals surface area contributed by atoms with E-state index in [0.717, 1.165) is 12.5 Å². The van der Waals surface area contributed by atoms with Crippen LogP contribution in [0.5, 0.6) is 0 Å². The molecule has 0 aliphatic heterocycles. The minimum absolute atomic E-state index is 0.365. The lowest BCUT2D eigenvalue weighted by atomic mass is 10.1. The Morgan fingerprint density at radius 1 is 0.750 bits per heavy atom. The molecule has 0 spiro atoms. The summed E-state index contributed by atoms with van der Waals surface area (Å²) in [5.74, 6) is -0.908. The molecule has 28 heavy (non-hydrogen) atoms. The Hall–Kier alpha value is -1.43. The van der Waals surface area contributed by atoms with Gasteiger partial charge in [-0.2, -0.15) is 0 Å². The van der Waals surface area contributed by atoms with E-state index in [4.69, 9.17) is 20.4 Å². The van der Waals surface area contributed by atoms with Gasteiger partial charge in [-0.25, -0.2) is 4.79 Å². The molecule has 0 rings (SSSR count). The Kier molecular flexibility index (Phi) is 26.3. The summed E-state index contributed by atoms with van der Waals surface area (Å²) in [6.07, 6.45) is 25.7. The van der Waals surface area contributed by atoms with E-state index in [0.29, 0.717) is 0 Å². The maximum atomic E-state index is 10.2. The number of carbonyl (C=O) groups is 1. The monoisotopic (exact) mass is 398 g/mol. The summed E-state index contributed by atoms with van der Waals surface area (Å²) < 4.78 is 0. The zero-order valence-corrected chi connectivity index (χ0v) is 17.6. The molecule has 0 saturated carbocycles. The second-order valence-corrected chi connectivity index (χ2v) is 6.85. The molecule has 0 aromatic rings. The normalized spacial score (nSPS) is 11.6. The minimum Gasteiger partial charge on any atom is -0.478 e. The van der Waals surface area contributed by atoms with E-state index in [9.17, 15) is 4.79 Å². The van der Waals surface area contributed by atoms with Crippen LogP contribution in [0.2, 0.25) is 0 Å². The fraction of sp³-hybridized carbons (Fsp3) is 0.696. The van der Waals surface area contributed by atoms with E-state index < -0.39 is 12.1 Å². The quantitative estimate of drug-likeness (QED) is 0.161. The first-order chi connectivity index (χ1) is 13.6. The molecule has 0 heterocycles. The lowest BCUT2D eigenvalue weighted by molar-refractivity contribution is -0.131. The molecular formula is C23H42O5. The number of hydrogen-bond donors (Lipinski definition) is 4. The van der Waals surface area contributed by atoms with Crippen molar-refractivity contribution in [2.24, 2.45) is 0 Å². The van der Waals surface area contributed by atoms with Gasteiger partial charge in [0, 0.05) is 6.08 Å². The largest absolute Gasteiger partial charge is 0.478 e. The van der Waals surface area contributed by atoms with Gasteiger partial charge >= 0.3 is 5.97 Å². The molecule has 0 saturated heterocycles. The Labute approximate surface area is 171 Å². The topological polar surface area (TPSA) is 98.0 Å². The highest BCUT2D eigenvalue weighted by Gasteiger charge is 1.94. The van der Waals surface area contributed by atoms with E-state index >= 15 is 0 Å². The van der Waals surface area contributed by atoms with Gasteiger partial charge in [-0.05, 0) is 12.8 Å². The van der Waals surface area contributed by atoms with Crippen molar-refractivity contribution in [3.63, 3.8) is 0 Å². The SMILES string of the molecule is CCCCCCCCCCCCCC=CC=CC=CC(=O)O.OCC(O)CO. The van der Waals surface area contributed by atoms with E-state index in [-0.39, 0.29) is 13.2 Å². The van der Waals surface area contributed by atoms with Crippen molar-refractivity contribution in [3.05, 3.63) is 36.5 Å². The summed E-state index contributed by atoms with van der Waals surface area (Å²) in [4.78, 5) is 10.2. The van der Waals surface area contributed by atoms with Gasteiger partial charge in [0.1, 0.15) is 6.10 Å². The zero-order valence-electron chi connectivity index (χ0n) is 17.6. The first kappa shape index (κ1) is 28.8. The van der Waals surface area contributed by atoms with Crippen molar-refractivity contribution < 1.29 is 25.2 Å². The van der Waals surface area contributed by atoms with E-state index in [1.165, 1.54) is 76.7 Å². The number of aliphatic hydroxyl groups is 3. The summed E-state index contributed by atoms with van der Waals surface area (Å²) in [5.41, 5.74) is 0. The van der Waals surface area contributed by atoms with Crippen LogP contribution in [0.15, 0.2) is 36.5 Å². The van der Waals surface area contributed by atoms with E-state index in [1.807, 2.05) is 12.2 Å². The van der Waals surface area contributed by atoms with Crippen LogP contribution in [0.1, 0.15) is 84.0 Å². The number of unbranched alkanes of at least 4 members (excludes halogenated alkanes) is 11. The zero-order chi connectivity index (χ0) is 21.3. The highest BCUT2D eigenvalue weighted by molar-refractivity contribution is 5.80. The van der Waals surface area contributed by atoms with Crippen LogP contribution in [0.3, 0.4) is 0 Å². The molecule has 0 aliphatic carbocycles. The molecule has 164 valence electrons. The molecule has 0 amide bonds. The molecule has 0 fully saturated rings. The highest BCUT2D eigenvalue weighted by atomic mass is 16.4. The van der Waals surface area contributed by atoms with Gasteiger partial charge in [0.15, 0.2) is 0 Å². The number of rotatable bonds is 17. The molecule has 4 N–H and O–H groups in total. The molecule has 0 bridgehead atoms. The van der Waals surface area contributed by atoms with E-state index in [1.54, 1.807) is 6.08 Å². The van der Waals surface area contributed by atoms with Gasteiger partial charge in [0.2, 0.25) is 0 Å². The highest BCUT2D eigenvalue weighted by Crippen LogP contribution is 2.11. The summed E-state index contributed by atoms with van der Waals surface area (Å²) in [5, 5.41) is 32.4. The molecule has 5 nitrogen and oxygen atoms in total. The Morgan fingerprint density at radius 2 is 1.21 bits per heavy atom. The average Bonchev–Trinajstić information content (AvgIpc) is 2.70. The number of carboxylic acids is 1. The molecule has 0 aromatic heterocycles. The van der Waals surface area contributed by atoms with Gasteiger partial charge in [0.05, 0.1) is 13.2 Å². The maximum absolute atomic E-state index is 10.2. The third-order valence-electron chi connectivity index (χ3n) is 4.10. The summed E-state index contributed by atoms with van der Waals surface area (Å²) in [7, 11) is 0. The van der Waals surface area contributed by atoms with Crippen molar-refractivity contribution in [1.82, 2.24) is 0 Å². The van der Waals surface area contributed by atoms with Crippen molar-refractivity contribution in [3.8, 4) is 0 Å². The van der Waals surface area contributed by atoms with Gasteiger partial charge in [-0.1, -0.05) is 102 Å². The van der Waals surface area contributed by atoms with Gasteiger partial charge in [0.25, 0.3) is 0 Å². The van der Waals surface area contributed by atoms with E-state index in [2.05, 4.69) is 13.0 Å². The fourth-order valence-corrected chi connectivity index (χ4v) is 2.43. The van der Waals surface area contributed by atoms with Crippen LogP contribution in [-0.4, -0.2) is 45.7 Å². The van der Waals surface area contributed by atoms with Crippen LogP contribution < -0.4 is 0 Å². The second-order valence-electron chi connectivity index (χ2n) is 6.85. The average molecular weight is 399 g/mol. The lowest BCUT2D eigenvalue weighted by Crippen LogP contribution is -2.15. The fourth-order valence-electron chi connectivity index (χ4n) is 2.43. The van der Waals surface area contributed by atoms with Crippen molar-refractivity contribution in [2.75, 3.05) is 13.2 Å². The van der Waals surface area contributed by atoms with Gasteiger partial charge in [-0.3, -0.25) is 0 Å². The van der Waals surface area contributed by atoms with Crippen molar-refractivity contribution >= 4 is 5.97 Å². The van der Waals surface area contributed by atoms with Gasteiger partial charge in [-0.15, -0.1) is 0 Å². The summed E-state index contributed by atoms with van der Waals surface area (Å²) in [6.45, 7) is 1.54. The predicted molar refractivity (Wildman–Crippen MR) is 116 cm³/mol. The first-order valence-electron chi connectivity index (χ1n) is 10.7. The molecule has 0 atom stereocenters.